The van der Waals surface area contributed by atoms with E-state index in [-0.39, 0.29) is 43.0 Å². The van der Waals surface area contributed by atoms with Crippen molar-refractivity contribution in [3.63, 3.8) is 0 Å². The fourth-order valence-electron chi connectivity index (χ4n) is 3.36. The second-order valence-electron chi connectivity index (χ2n) is 6.87. The lowest BCUT2D eigenvalue weighted by atomic mass is 10.1. The van der Waals surface area contributed by atoms with Crippen molar-refractivity contribution in [2.45, 2.75) is 25.7 Å². The van der Waals surface area contributed by atoms with Gasteiger partial charge in [0.1, 0.15) is 6.54 Å². The Hall–Kier alpha value is -2.12. The molecular weight excluding hydrogens is 405 g/mol. The second kappa shape index (κ2) is 8.92. The standard InChI is InChI=1S/C19H21Cl2N3O4/c20-14-3-1-13(15(21)11-14)2-4-16(25)22-7-9-23(10-8-22)19(28)12-24-17(26)5-6-18(24)27/h1,3,11H,2,4-10,12H2. The van der Waals surface area contributed by atoms with Crippen molar-refractivity contribution in [1.29, 1.82) is 0 Å². The molecule has 0 bridgehead atoms. The topological polar surface area (TPSA) is 78.0 Å². The molecule has 1 aromatic carbocycles. The Kier molecular flexibility index (Phi) is 6.57. The third kappa shape index (κ3) is 4.83. The Morgan fingerprint density at radius 3 is 2.04 bits per heavy atom. The molecule has 150 valence electrons. The minimum absolute atomic E-state index is 0.00279. The van der Waals surface area contributed by atoms with Crippen molar-refractivity contribution in [2.75, 3.05) is 32.7 Å². The first-order valence-electron chi connectivity index (χ1n) is 9.18. The van der Waals surface area contributed by atoms with Gasteiger partial charge in [-0.25, -0.2) is 0 Å². The minimum atomic E-state index is -0.298. The molecule has 2 aliphatic heterocycles. The monoisotopic (exact) mass is 425 g/mol. The van der Waals surface area contributed by atoms with Crippen LogP contribution in [0.15, 0.2) is 18.2 Å². The largest absolute Gasteiger partial charge is 0.339 e. The average Bonchev–Trinajstić information content (AvgIpc) is 2.99. The number of benzene rings is 1. The first-order chi connectivity index (χ1) is 13.3. The van der Waals surface area contributed by atoms with Crippen LogP contribution in [0, 0.1) is 0 Å². The molecule has 28 heavy (non-hydrogen) atoms. The van der Waals surface area contributed by atoms with E-state index in [1.54, 1.807) is 21.9 Å². The summed E-state index contributed by atoms with van der Waals surface area (Å²) in [6, 6.07) is 5.21. The highest BCUT2D eigenvalue weighted by molar-refractivity contribution is 6.35. The van der Waals surface area contributed by atoms with E-state index in [1.807, 2.05) is 6.07 Å². The molecular formula is C19H21Cl2N3O4. The van der Waals surface area contributed by atoms with Crippen LogP contribution in [0.1, 0.15) is 24.8 Å². The van der Waals surface area contributed by atoms with Crippen molar-refractivity contribution in [1.82, 2.24) is 14.7 Å². The lowest BCUT2D eigenvalue weighted by molar-refractivity contribution is -0.147. The summed E-state index contributed by atoms with van der Waals surface area (Å²) in [5.74, 6) is -0.854. The summed E-state index contributed by atoms with van der Waals surface area (Å²) in [5, 5.41) is 1.10. The number of hydrogen-bond acceptors (Lipinski definition) is 4. The summed E-state index contributed by atoms with van der Waals surface area (Å²) in [7, 11) is 0. The van der Waals surface area contributed by atoms with Gasteiger partial charge in [-0.15, -0.1) is 0 Å². The van der Waals surface area contributed by atoms with E-state index in [0.717, 1.165) is 10.5 Å². The van der Waals surface area contributed by atoms with Gasteiger partial charge in [-0.3, -0.25) is 24.1 Å². The van der Waals surface area contributed by atoms with E-state index in [1.165, 1.54) is 0 Å². The predicted molar refractivity (Wildman–Crippen MR) is 104 cm³/mol. The number of likely N-dealkylation sites (tertiary alicyclic amines) is 1. The Morgan fingerprint density at radius 2 is 1.46 bits per heavy atom. The quantitative estimate of drug-likeness (QED) is 0.673. The third-order valence-electron chi connectivity index (χ3n) is 5.06. The highest BCUT2D eigenvalue weighted by Crippen LogP contribution is 2.22. The van der Waals surface area contributed by atoms with E-state index in [2.05, 4.69) is 0 Å². The molecule has 3 rings (SSSR count). The number of piperazine rings is 1. The van der Waals surface area contributed by atoms with Crippen LogP contribution < -0.4 is 0 Å². The van der Waals surface area contributed by atoms with Gasteiger partial charge in [0.05, 0.1) is 0 Å². The lowest BCUT2D eigenvalue weighted by Crippen LogP contribution is -2.53. The van der Waals surface area contributed by atoms with Gasteiger partial charge in [-0.1, -0.05) is 29.3 Å². The molecule has 9 heteroatoms. The summed E-state index contributed by atoms with van der Waals surface area (Å²) in [6.45, 7) is 1.44. The third-order valence-corrected chi connectivity index (χ3v) is 5.64. The molecule has 2 saturated heterocycles. The van der Waals surface area contributed by atoms with E-state index in [4.69, 9.17) is 23.2 Å². The Balaban J connectivity index is 1.45. The van der Waals surface area contributed by atoms with Crippen LogP contribution in [0.5, 0.6) is 0 Å². The molecule has 2 heterocycles. The van der Waals surface area contributed by atoms with E-state index in [0.29, 0.717) is 49.1 Å². The number of amides is 4. The Bertz CT molecular complexity index is 790. The molecule has 4 amide bonds. The highest BCUT2D eigenvalue weighted by Gasteiger charge is 2.32. The number of nitrogens with zero attached hydrogens (tertiary/aromatic N) is 3. The molecule has 0 saturated carbocycles. The van der Waals surface area contributed by atoms with Gasteiger partial charge in [-0.2, -0.15) is 0 Å². The summed E-state index contributed by atoms with van der Waals surface area (Å²) >= 11 is 12.0. The average molecular weight is 426 g/mol. The highest BCUT2D eigenvalue weighted by atomic mass is 35.5. The maximum atomic E-state index is 12.4. The molecule has 0 N–H and O–H groups in total. The summed E-state index contributed by atoms with van der Waals surface area (Å²) in [6.07, 6.45) is 1.19. The van der Waals surface area contributed by atoms with Crippen LogP contribution in [-0.4, -0.2) is 71.1 Å². The first kappa shape index (κ1) is 20.6. The smallest absolute Gasteiger partial charge is 0.242 e. The van der Waals surface area contributed by atoms with Gasteiger partial charge >= 0.3 is 0 Å². The fraction of sp³-hybridized carbons (Fsp3) is 0.474. The number of imide groups is 1. The van der Waals surface area contributed by atoms with Crippen LogP contribution in [-0.2, 0) is 25.6 Å². The number of carbonyl (C=O) groups excluding carboxylic acids is 4. The Morgan fingerprint density at radius 1 is 0.893 bits per heavy atom. The minimum Gasteiger partial charge on any atom is -0.339 e. The van der Waals surface area contributed by atoms with Crippen molar-refractivity contribution < 1.29 is 19.2 Å². The van der Waals surface area contributed by atoms with Gasteiger partial charge < -0.3 is 9.80 Å². The van der Waals surface area contributed by atoms with Gasteiger partial charge in [0.25, 0.3) is 0 Å². The molecule has 0 aliphatic carbocycles. The normalized spacial score (nSPS) is 17.4. The summed E-state index contributed by atoms with van der Waals surface area (Å²) in [4.78, 5) is 52.4. The van der Waals surface area contributed by atoms with Crippen molar-refractivity contribution in [3.05, 3.63) is 33.8 Å². The number of halogens is 2. The zero-order valence-electron chi connectivity index (χ0n) is 15.3. The van der Waals surface area contributed by atoms with Gasteiger partial charge in [0, 0.05) is 55.5 Å². The number of hydrogen-bond donors (Lipinski definition) is 0. The van der Waals surface area contributed by atoms with Crippen LogP contribution in [0.25, 0.3) is 0 Å². The van der Waals surface area contributed by atoms with Crippen LogP contribution in [0.2, 0.25) is 10.0 Å². The number of carbonyl (C=O) groups is 4. The molecule has 0 radical (unpaired) electrons. The lowest BCUT2D eigenvalue weighted by Gasteiger charge is -2.35. The molecule has 0 atom stereocenters. The SMILES string of the molecule is O=C(CCc1ccc(Cl)cc1Cl)N1CCN(C(=O)CN2C(=O)CCC2=O)CC1. The molecule has 7 nitrogen and oxygen atoms in total. The molecule has 2 aliphatic rings. The first-order valence-corrected chi connectivity index (χ1v) is 9.93. The van der Waals surface area contributed by atoms with E-state index < -0.39 is 0 Å². The van der Waals surface area contributed by atoms with Crippen molar-refractivity contribution in [3.8, 4) is 0 Å². The summed E-state index contributed by atoms with van der Waals surface area (Å²) < 4.78 is 0. The van der Waals surface area contributed by atoms with Crippen molar-refractivity contribution >= 4 is 46.8 Å². The maximum Gasteiger partial charge on any atom is 0.242 e. The van der Waals surface area contributed by atoms with E-state index in [9.17, 15) is 19.2 Å². The molecule has 1 aromatic rings. The molecule has 0 unspecified atom stereocenters. The van der Waals surface area contributed by atoms with Crippen molar-refractivity contribution in [2.24, 2.45) is 0 Å². The van der Waals surface area contributed by atoms with Crippen LogP contribution in [0.4, 0.5) is 0 Å². The molecule has 0 spiro atoms. The van der Waals surface area contributed by atoms with Gasteiger partial charge in [0.15, 0.2) is 0 Å². The maximum absolute atomic E-state index is 12.4. The van der Waals surface area contributed by atoms with E-state index >= 15 is 0 Å². The van der Waals surface area contributed by atoms with Crippen LogP contribution in [0.3, 0.4) is 0 Å². The molecule has 2 fully saturated rings. The van der Waals surface area contributed by atoms with Gasteiger partial charge in [-0.05, 0) is 24.1 Å². The predicted octanol–water partition coefficient (Wildman–Crippen LogP) is 1.75. The van der Waals surface area contributed by atoms with Gasteiger partial charge in [0.2, 0.25) is 23.6 Å². The zero-order valence-corrected chi connectivity index (χ0v) is 16.8. The Labute approximate surface area is 173 Å². The fourth-order valence-corrected chi connectivity index (χ4v) is 3.87. The zero-order chi connectivity index (χ0) is 20.3. The number of rotatable bonds is 5. The van der Waals surface area contributed by atoms with Crippen LogP contribution >= 0.6 is 23.2 Å². The summed E-state index contributed by atoms with van der Waals surface area (Å²) in [5.41, 5.74) is 0.869. The second-order valence-corrected chi connectivity index (χ2v) is 7.71. The number of aryl methyl sites for hydroxylation is 1. The molecule has 0 aromatic heterocycles.